The van der Waals surface area contributed by atoms with Crippen LogP contribution < -0.4 is 40.3 Å². The molecule has 0 aliphatic carbocycles. The molecule has 8 bridgehead atoms. The predicted molar refractivity (Wildman–Crippen MR) is 251 cm³/mol. The van der Waals surface area contributed by atoms with Crippen LogP contribution in [0.4, 0.5) is 0 Å². The Morgan fingerprint density at radius 3 is 0.917 bits per heavy atom. The van der Waals surface area contributed by atoms with E-state index < -0.39 is 0 Å². The highest BCUT2D eigenvalue weighted by Crippen LogP contribution is 2.38. The molecule has 0 spiro atoms. The van der Waals surface area contributed by atoms with E-state index in [9.17, 15) is 0 Å². The molecular weight excluding hydrogens is 1020 g/mol. The Morgan fingerprint density at radius 2 is 0.617 bits per heavy atom. The summed E-state index contributed by atoms with van der Waals surface area (Å²) in [6.07, 6.45) is 0. The van der Waals surface area contributed by atoms with Gasteiger partial charge in [-0.2, -0.15) is 0 Å². The first-order valence-corrected chi connectivity index (χ1v) is 22.0. The van der Waals surface area contributed by atoms with Crippen LogP contribution in [0.1, 0.15) is 45.0 Å². The van der Waals surface area contributed by atoms with Crippen molar-refractivity contribution in [2.24, 2.45) is 0 Å². The normalized spacial score (nSPS) is 12.5. The number of methoxy groups -OCH3 is 4. The van der Waals surface area contributed by atoms with E-state index in [2.05, 4.69) is 156 Å². The average Bonchev–Trinajstić information content (AvgIpc) is 4.10. The molecule has 0 saturated heterocycles. The molecular formula is C48H36Br4N4O4. The third-order valence-corrected chi connectivity index (χ3v) is 13.2. The predicted octanol–water partition coefficient (Wildman–Crippen LogP) is 9.39. The Morgan fingerprint density at radius 1 is 0.333 bits per heavy atom. The first kappa shape index (κ1) is 40.0. The monoisotopic (exact) mass is 1050 g/mol. The lowest BCUT2D eigenvalue weighted by Gasteiger charge is -2.14. The molecule has 1 aliphatic rings. The molecule has 0 atom stereocenters. The van der Waals surface area contributed by atoms with Crippen LogP contribution in [-0.4, -0.2) is 48.4 Å². The summed E-state index contributed by atoms with van der Waals surface area (Å²) in [4.78, 5) is 15.4. The number of halogens is 4. The van der Waals surface area contributed by atoms with E-state index in [1.807, 2.05) is 48.5 Å². The molecule has 9 rings (SSSR count). The van der Waals surface area contributed by atoms with Crippen molar-refractivity contribution in [2.45, 2.75) is 0 Å². The van der Waals surface area contributed by atoms with Gasteiger partial charge in [0.15, 0.2) is 0 Å². The zero-order valence-electron chi connectivity index (χ0n) is 32.7. The summed E-state index contributed by atoms with van der Waals surface area (Å²) in [6, 6.07) is 41.1. The van der Waals surface area contributed by atoms with Crippen molar-refractivity contribution >= 4 is 86.0 Å². The van der Waals surface area contributed by atoms with Gasteiger partial charge in [-0.25, -0.2) is 0 Å². The summed E-state index contributed by atoms with van der Waals surface area (Å²) in [6.45, 7) is 0. The maximum Gasteiger partial charge on any atom is 0.123 e. The number of hydrogen-bond acceptors (Lipinski definition) is 4. The Kier molecular flexibility index (Phi) is 11.1. The van der Waals surface area contributed by atoms with Crippen LogP contribution in [0.25, 0.3) is 22.3 Å². The molecule has 60 heavy (non-hydrogen) atoms. The SMILES string of the molecule is COc1cc(OC)cc(C2=c3ccc([nH]3)=C(c3c(Br)cccc3Br)c3ccc([nH]3)C(c3cc(OC)cc(OC)c3)=c3ccc([nH]3)=C(c3c(Br)cccc3Br)c3ccc2[nH]3)c1. The van der Waals surface area contributed by atoms with E-state index in [0.717, 1.165) is 107 Å². The van der Waals surface area contributed by atoms with Crippen LogP contribution in [0.3, 0.4) is 0 Å². The highest BCUT2D eigenvalue weighted by atomic mass is 79.9. The summed E-state index contributed by atoms with van der Waals surface area (Å²) < 4.78 is 26.9. The van der Waals surface area contributed by atoms with Crippen molar-refractivity contribution in [1.82, 2.24) is 19.9 Å². The molecule has 4 aromatic carbocycles. The van der Waals surface area contributed by atoms with Gasteiger partial charge >= 0.3 is 0 Å². The number of rotatable bonds is 8. The Labute approximate surface area is 379 Å². The summed E-state index contributed by atoms with van der Waals surface area (Å²) in [7, 11) is 6.66. The van der Waals surface area contributed by atoms with E-state index in [1.54, 1.807) is 28.4 Å². The Hall–Kier alpha value is -5.40. The fourth-order valence-corrected chi connectivity index (χ4v) is 10.7. The molecule has 0 saturated carbocycles. The fraction of sp³-hybridized carbons (Fsp3) is 0.0833. The lowest BCUT2D eigenvalue weighted by Crippen LogP contribution is -2.19. The van der Waals surface area contributed by atoms with Crippen LogP contribution in [0.5, 0.6) is 23.0 Å². The zero-order chi connectivity index (χ0) is 41.7. The second kappa shape index (κ2) is 16.6. The number of hydrogen-bond donors (Lipinski definition) is 4. The van der Waals surface area contributed by atoms with Crippen molar-refractivity contribution in [1.29, 1.82) is 0 Å². The molecule has 0 amide bonds. The van der Waals surface area contributed by atoms with Gasteiger partial charge in [-0.05, 0) is 108 Å². The van der Waals surface area contributed by atoms with Crippen LogP contribution in [0.15, 0.2) is 139 Å². The average molecular weight is 1050 g/mol. The van der Waals surface area contributed by atoms with Crippen LogP contribution >= 0.6 is 63.7 Å². The topological polar surface area (TPSA) is 100 Å². The smallest absolute Gasteiger partial charge is 0.123 e. The number of aromatic amines is 4. The molecule has 300 valence electrons. The van der Waals surface area contributed by atoms with E-state index >= 15 is 0 Å². The van der Waals surface area contributed by atoms with Gasteiger partial charge in [-0.3, -0.25) is 0 Å². The van der Waals surface area contributed by atoms with E-state index in [-0.39, 0.29) is 0 Å². The number of nitrogens with one attached hydrogen (secondary N) is 4. The Balaban J connectivity index is 1.48. The minimum absolute atomic E-state index is 0.676. The van der Waals surface area contributed by atoms with Crippen molar-refractivity contribution in [3.8, 4) is 23.0 Å². The largest absolute Gasteiger partial charge is 0.497 e. The van der Waals surface area contributed by atoms with Gasteiger partial charge in [0.2, 0.25) is 0 Å². The molecule has 0 fully saturated rings. The molecule has 4 N–H and O–H groups in total. The van der Waals surface area contributed by atoms with Crippen molar-refractivity contribution in [2.75, 3.05) is 28.4 Å². The zero-order valence-corrected chi connectivity index (χ0v) is 39.0. The molecule has 0 radical (unpaired) electrons. The maximum atomic E-state index is 5.79. The summed E-state index contributed by atoms with van der Waals surface area (Å²) in [5.41, 5.74) is 11.1. The lowest BCUT2D eigenvalue weighted by molar-refractivity contribution is 0.394. The highest BCUT2D eigenvalue weighted by molar-refractivity contribution is 9.11. The molecule has 12 heteroatoms. The fourth-order valence-electron chi connectivity index (χ4n) is 7.86. The number of fused-ring (bicyclic) bond motifs is 8. The van der Waals surface area contributed by atoms with Gasteiger partial charge < -0.3 is 38.9 Å². The van der Waals surface area contributed by atoms with Crippen molar-refractivity contribution in [3.63, 3.8) is 0 Å². The van der Waals surface area contributed by atoms with Gasteiger partial charge in [0.25, 0.3) is 0 Å². The quantitative estimate of drug-likeness (QED) is 0.122. The van der Waals surface area contributed by atoms with Crippen LogP contribution in [-0.2, 0) is 0 Å². The third-order valence-electron chi connectivity index (χ3n) is 10.6. The first-order chi connectivity index (χ1) is 29.2. The van der Waals surface area contributed by atoms with Crippen LogP contribution in [0, 0.1) is 0 Å². The number of H-pyrrole nitrogens is 4. The minimum Gasteiger partial charge on any atom is -0.497 e. The molecule has 4 aromatic heterocycles. The van der Waals surface area contributed by atoms with E-state index in [0.29, 0.717) is 23.0 Å². The number of aromatic nitrogens is 4. The molecule has 5 heterocycles. The molecule has 8 nitrogen and oxygen atoms in total. The molecule has 0 unspecified atom stereocenters. The van der Waals surface area contributed by atoms with Gasteiger partial charge in [0.05, 0.1) is 28.4 Å². The minimum atomic E-state index is 0.676. The summed E-state index contributed by atoms with van der Waals surface area (Å²) in [5, 5.41) is 3.56. The molecule has 8 aromatic rings. The second-order valence-corrected chi connectivity index (χ2v) is 17.5. The van der Waals surface area contributed by atoms with Crippen LogP contribution in [0.2, 0.25) is 0 Å². The maximum absolute atomic E-state index is 5.79. The standard InChI is InChI=1S/C48H36Br4N4O4/c1-57-27-19-25(20-28(23-27)58-2)43-35-11-15-39(53-35)47(45-31(49)7-5-8-32(45)50)41-17-13-37(55-41)44(26-21-29(59-3)24-30(22-26)60-4)38-14-18-42(56-38)48(40-16-12-36(43)54-40)46-33(51)9-6-10-34(46)52/h5-24,53-56H,1-4H3. The van der Waals surface area contributed by atoms with Gasteiger partial charge in [-0.1, -0.05) is 75.9 Å². The van der Waals surface area contributed by atoms with Gasteiger partial charge in [0, 0.05) is 108 Å². The van der Waals surface area contributed by atoms with Crippen molar-refractivity contribution in [3.05, 3.63) is 206 Å². The van der Waals surface area contributed by atoms with E-state index in [1.165, 1.54) is 0 Å². The van der Waals surface area contributed by atoms with Gasteiger partial charge in [0.1, 0.15) is 23.0 Å². The first-order valence-electron chi connectivity index (χ1n) is 18.8. The lowest BCUT2D eigenvalue weighted by atomic mass is 10.0. The number of benzene rings is 4. The number of ether oxygens (including phenoxy) is 4. The van der Waals surface area contributed by atoms with E-state index in [4.69, 9.17) is 18.9 Å². The Bertz CT molecular complexity index is 2930. The highest BCUT2D eigenvalue weighted by Gasteiger charge is 2.22. The van der Waals surface area contributed by atoms with Gasteiger partial charge in [-0.15, -0.1) is 0 Å². The second-order valence-electron chi connectivity index (χ2n) is 14.0. The summed E-state index contributed by atoms with van der Waals surface area (Å²) in [5.74, 6) is 2.70. The van der Waals surface area contributed by atoms with Crippen molar-refractivity contribution < 1.29 is 18.9 Å². The molecule has 1 aliphatic heterocycles. The third kappa shape index (κ3) is 7.29. The summed E-state index contributed by atoms with van der Waals surface area (Å²) >= 11 is 15.6.